The number of hydrazone groups is 1. The molecule has 0 unspecified atom stereocenters. The van der Waals surface area contributed by atoms with E-state index in [9.17, 15) is 9.59 Å². The van der Waals surface area contributed by atoms with Gasteiger partial charge in [0.05, 0.1) is 16.8 Å². The molecule has 0 spiro atoms. The first kappa shape index (κ1) is 10.9. The lowest BCUT2D eigenvalue weighted by Crippen LogP contribution is -2.33. The van der Waals surface area contributed by atoms with E-state index in [0.29, 0.717) is 16.8 Å². The number of nitrogens with zero attached hydrogens (tertiary/aromatic N) is 1. The lowest BCUT2D eigenvalue weighted by atomic mass is 10.1. The third-order valence-electron chi connectivity index (χ3n) is 3.46. The molecule has 0 atom stereocenters. The summed E-state index contributed by atoms with van der Waals surface area (Å²) in [5.41, 5.74) is 5.52. The Morgan fingerprint density at radius 1 is 0.800 bits per heavy atom. The molecule has 2 aliphatic rings. The van der Waals surface area contributed by atoms with E-state index in [2.05, 4.69) is 10.7 Å². The van der Waals surface area contributed by atoms with Crippen molar-refractivity contribution in [3.8, 4) is 0 Å². The van der Waals surface area contributed by atoms with Gasteiger partial charge < -0.3 is 0 Å². The normalized spacial score (nSPS) is 19.4. The van der Waals surface area contributed by atoms with Gasteiger partial charge in [-0.25, -0.2) is 15.5 Å². The number of amides is 1. The van der Waals surface area contributed by atoms with Crippen molar-refractivity contribution in [2.45, 2.75) is 0 Å². The summed E-state index contributed by atoms with van der Waals surface area (Å²) in [6.07, 6.45) is 0. The van der Waals surface area contributed by atoms with Crippen LogP contribution in [-0.4, -0.2) is 22.2 Å². The number of anilines is 2. The summed E-state index contributed by atoms with van der Waals surface area (Å²) in [4.78, 5) is 24.7. The van der Waals surface area contributed by atoms with Crippen LogP contribution in [-0.2, 0) is 0 Å². The van der Waals surface area contributed by atoms with E-state index >= 15 is 0 Å². The fourth-order valence-corrected chi connectivity index (χ4v) is 2.48. The number of carbonyl (C=O) groups excluding carboxylic acids is 2. The Morgan fingerprint density at radius 3 is 2.15 bits per heavy atom. The molecule has 96 valence electrons. The van der Waals surface area contributed by atoms with Crippen LogP contribution in [0.3, 0.4) is 0 Å². The first-order valence-electron chi connectivity index (χ1n) is 6.23. The molecule has 5 nitrogen and oxygen atoms in total. The molecule has 0 aromatic heterocycles. The van der Waals surface area contributed by atoms with E-state index in [1.165, 1.54) is 4.68 Å². The largest absolute Gasteiger partial charge is 0.367 e. The summed E-state index contributed by atoms with van der Waals surface area (Å²) in [6, 6.07) is 14.4. The van der Waals surface area contributed by atoms with Crippen molar-refractivity contribution in [1.29, 1.82) is 0 Å². The van der Waals surface area contributed by atoms with E-state index in [-0.39, 0.29) is 17.5 Å². The molecule has 0 radical (unpaired) electrons. The molecule has 2 aromatic carbocycles. The summed E-state index contributed by atoms with van der Waals surface area (Å²) >= 11 is 0. The predicted molar refractivity (Wildman–Crippen MR) is 74.1 cm³/mol. The summed E-state index contributed by atoms with van der Waals surface area (Å²) in [7, 11) is 0. The quantitative estimate of drug-likeness (QED) is 0.713. The number of hydrogen-bond donors (Lipinski definition) is 2. The van der Waals surface area contributed by atoms with Crippen LogP contribution in [0.1, 0.15) is 20.7 Å². The minimum absolute atomic E-state index is 0.186. The number of Topliss-reactive ketones (excluding diaryl/α,β-unsaturated/α-hetero) is 1. The third-order valence-corrected chi connectivity index (χ3v) is 3.46. The Hall–Kier alpha value is -2.95. The average molecular weight is 264 g/mol. The van der Waals surface area contributed by atoms with E-state index in [4.69, 9.17) is 0 Å². The molecule has 0 aliphatic carbocycles. The molecule has 4 rings (SSSR count). The Bertz CT molecular complexity index is 741. The number of amidine groups is 1. The molecular formula is C15H10N3O2+. The van der Waals surface area contributed by atoms with Gasteiger partial charge in [0, 0.05) is 0 Å². The minimum atomic E-state index is -0.232. The van der Waals surface area contributed by atoms with Crippen LogP contribution in [0, 0.1) is 0 Å². The van der Waals surface area contributed by atoms with Crippen LogP contribution in [0.4, 0.5) is 11.4 Å². The fourth-order valence-electron chi connectivity index (χ4n) is 2.48. The molecule has 1 amide bonds. The monoisotopic (exact) mass is 264 g/mol. The zero-order valence-corrected chi connectivity index (χ0v) is 10.4. The van der Waals surface area contributed by atoms with Gasteiger partial charge in [0.15, 0.2) is 0 Å². The highest BCUT2D eigenvalue weighted by Crippen LogP contribution is 2.26. The number of fused-ring (bicyclic) bond motifs is 2. The van der Waals surface area contributed by atoms with Crippen molar-refractivity contribution in [3.05, 3.63) is 59.7 Å². The second-order valence-corrected chi connectivity index (χ2v) is 4.65. The molecule has 2 aliphatic heterocycles. The van der Waals surface area contributed by atoms with Crippen LogP contribution in [0.25, 0.3) is 0 Å². The van der Waals surface area contributed by atoms with E-state index < -0.39 is 0 Å². The molecule has 2 aromatic rings. The van der Waals surface area contributed by atoms with Gasteiger partial charge in [-0.15, -0.1) is 0 Å². The summed E-state index contributed by atoms with van der Waals surface area (Å²) < 4.78 is 1.27. The van der Waals surface area contributed by atoms with Gasteiger partial charge in [-0.2, -0.15) is 0 Å². The lowest BCUT2D eigenvalue weighted by molar-refractivity contribution is -0.386. The lowest BCUT2D eigenvalue weighted by Gasteiger charge is -1.98. The van der Waals surface area contributed by atoms with Gasteiger partial charge in [-0.05, 0) is 24.3 Å². The van der Waals surface area contributed by atoms with Gasteiger partial charge >= 0.3 is 11.7 Å². The van der Waals surface area contributed by atoms with Crippen molar-refractivity contribution >= 4 is 28.9 Å². The second kappa shape index (κ2) is 3.77. The number of nitrogens with one attached hydrogen (secondary N) is 2. The van der Waals surface area contributed by atoms with Crippen molar-refractivity contribution in [2.75, 3.05) is 10.7 Å². The molecule has 5 heteroatoms. The molecule has 20 heavy (non-hydrogen) atoms. The number of para-hydroxylation sites is 2. The number of hydrazine groups is 1. The average Bonchev–Trinajstić information content (AvgIpc) is 2.98. The second-order valence-electron chi connectivity index (χ2n) is 4.65. The minimum Gasteiger partial charge on any atom is -0.280 e. The van der Waals surface area contributed by atoms with Crippen LogP contribution in [0.5, 0.6) is 0 Å². The summed E-state index contributed by atoms with van der Waals surface area (Å²) in [5, 5.41) is 3.00. The highest BCUT2D eigenvalue weighted by Gasteiger charge is 2.41. The first-order valence-corrected chi connectivity index (χ1v) is 6.23. The number of rotatable bonds is 0. The van der Waals surface area contributed by atoms with Crippen molar-refractivity contribution in [2.24, 2.45) is 0 Å². The Kier molecular flexibility index (Phi) is 2.06. The SMILES string of the molecule is O=C1C(=[N+]2Nc3ccccc3C2=O)Nc2ccccc21. The molecule has 0 saturated carbocycles. The number of ketones is 1. The standard InChI is InChI=1S/C15H9N3O2/c19-13-9-5-1-3-7-11(9)16-14(13)18-15(20)10-6-2-4-8-12(10)17-18/h1-8H,(H,17,20)/p+1. The Balaban J connectivity index is 1.85. The van der Waals surface area contributed by atoms with E-state index in [1.807, 2.05) is 18.2 Å². The van der Waals surface area contributed by atoms with Gasteiger partial charge in [-0.3, -0.25) is 4.79 Å². The topological polar surface area (TPSA) is 61.2 Å². The molecular weight excluding hydrogens is 254 g/mol. The van der Waals surface area contributed by atoms with E-state index in [0.717, 1.165) is 5.69 Å². The predicted octanol–water partition coefficient (Wildman–Crippen LogP) is 1.89. The van der Waals surface area contributed by atoms with Crippen molar-refractivity contribution in [1.82, 2.24) is 0 Å². The van der Waals surface area contributed by atoms with Gasteiger partial charge in [0.1, 0.15) is 5.69 Å². The number of benzene rings is 2. The highest BCUT2D eigenvalue weighted by atomic mass is 16.2. The molecule has 0 bridgehead atoms. The van der Waals surface area contributed by atoms with Crippen molar-refractivity contribution in [3.63, 3.8) is 0 Å². The summed E-state index contributed by atoms with van der Waals surface area (Å²) in [5.74, 6) is -0.175. The van der Waals surface area contributed by atoms with Crippen LogP contribution >= 0.6 is 0 Å². The zero-order valence-electron chi connectivity index (χ0n) is 10.4. The smallest absolute Gasteiger partial charge is 0.280 e. The fraction of sp³-hybridized carbons (Fsp3) is 0. The number of carbonyl (C=O) groups is 2. The van der Waals surface area contributed by atoms with Crippen LogP contribution in [0.2, 0.25) is 0 Å². The van der Waals surface area contributed by atoms with Crippen LogP contribution < -0.4 is 10.7 Å². The Morgan fingerprint density at radius 2 is 1.45 bits per heavy atom. The molecule has 2 N–H and O–H groups in total. The summed E-state index contributed by atoms with van der Waals surface area (Å²) in [6.45, 7) is 0. The maximum absolute atomic E-state index is 12.3. The zero-order chi connectivity index (χ0) is 13.7. The maximum atomic E-state index is 12.3. The maximum Gasteiger partial charge on any atom is 0.367 e. The first-order chi connectivity index (χ1) is 9.75. The van der Waals surface area contributed by atoms with Gasteiger partial charge in [0.2, 0.25) is 0 Å². The van der Waals surface area contributed by atoms with Crippen molar-refractivity contribution < 1.29 is 14.3 Å². The molecule has 0 fully saturated rings. The van der Waals surface area contributed by atoms with Gasteiger partial charge in [0.25, 0.3) is 5.78 Å². The highest BCUT2D eigenvalue weighted by molar-refractivity contribution is 6.52. The Labute approximate surface area is 114 Å². The molecule has 2 heterocycles. The van der Waals surface area contributed by atoms with Crippen LogP contribution in [0.15, 0.2) is 48.5 Å². The third kappa shape index (κ3) is 1.34. The van der Waals surface area contributed by atoms with Gasteiger partial charge in [-0.1, -0.05) is 28.9 Å². The van der Waals surface area contributed by atoms with E-state index in [1.54, 1.807) is 30.3 Å². The number of hydrogen-bond acceptors (Lipinski definition) is 3. The molecule has 0 saturated heterocycles.